The summed E-state index contributed by atoms with van der Waals surface area (Å²) < 4.78 is 18.6. The minimum atomic E-state index is -3.57. The molecule has 0 aromatic carbocycles. The van der Waals surface area contributed by atoms with Gasteiger partial charge in [0.25, 0.3) is 0 Å². The third-order valence-electron chi connectivity index (χ3n) is 6.75. The van der Waals surface area contributed by atoms with Gasteiger partial charge in [0.15, 0.2) is 5.78 Å². The molecule has 204 valence electrons. The first-order valence-electron chi connectivity index (χ1n) is 14.7. The summed E-state index contributed by atoms with van der Waals surface area (Å²) in [7, 11) is 2.36. The Labute approximate surface area is 214 Å². The Bertz CT molecular complexity index is 516. The molecule has 0 heterocycles. The van der Waals surface area contributed by atoms with Crippen LogP contribution in [0.4, 0.5) is 0 Å². The normalized spacial score (nSPS) is 15.1. The molecule has 0 spiro atoms. The topological polar surface area (TPSA) is 46.5 Å². The van der Waals surface area contributed by atoms with Gasteiger partial charge < -0.3 is 13.9 Å². The number of rotatable bonds is 25. The number of nitrogens with zero attached hydrogens (tertiary/aromatic N) is 1. The Morgan fingerprint density at radius 3 is 1.50 bits per heavy atom. The fourth-order valence-corrected chi connectivity index (χ4v) is 6.61. The summed E-state index contributed by atoms with van der Waals surface area (Å²) in [4.78, 5) is 10.4. The molecule has 0 amide bonds. The Morgan fingerprint density at radius 2 is 1.09 bits per heavy atom. The molecule has 2 atom stereocenters. The van der Waals surface area contributed by atoms with Crippen molar-refractivity contribution < 1.29 is 18.5 Å². The van der Waals surface area contributed by atoms with E-state index in [1.54, 1.807) is 0 Å². The van der Waals surface area contributed by atoms with Crippen molar-refractivity contribution in [2.75, 3.05) is 27.7 Å². The van der Waals surface area contributed by atoms with Crippen LogP contribution in [0.3, 0.4) is 0 Å². The van der Waals surface area contributed by atoms with Crippen molar-refractivity contribution in [2.24, 2.45) is 0 Å². The maximum Gasteiger partial charge on any atom is 0.385 e. The van der Waals surface area contributed by atoms with E-state index in [2.05, 4.69) is 26.0 Å². The van der Waals surface area contributed by atoms with Gasteiger partial charge in [0.1, 0.15) is 0 Å². The van der Waals surface area contributed by atoms with Gasteiger partial charge in [-0.25, -0.2) is 0 Å². The van der Waals surface area contributed by atoms with Crippen LogP contribution in [-0.4, -0.2) is 42.9 Å². The van der Waals surface area contributed by atoms with Crippen molar-refractivity contribution in [1.82, 2.24) is 0 Å². The van der Waals surface area contributed by atoms with Crippen molar-refractivity contribution in [3.63, 3.8) is 0 Å². The number of allylic oxidation sites excluding steroid dienone is 2. The van der Waals surface area contributed by atoms with Gasteiger partial charge in [-0.3, -0.25) is 4.57 Å². The van der Waals surface area contributed by atoms with Crippen molar-refractivity contribution in [1.29, 1.82) is 0 Å². The lowest BCUT2D eigenvalue weighted by Gasteiger charge is -2.35. The van der Waals surface area contributed by atoms with Gasteiger partial charge in [0.05, 0.1) is 27.7 Å². The van der Waals surface area contributed by atoms with E-state index in [-0.39, 0.29) is 5.78 Å². The molecule has 0 aliphatic rings. The van der Waals surface area contributed by atoms with Gasteiger partial charge in [-0.15, -0.1) is 0 Å². The lowest BCUT2D eigenvalue weighted by atomic mass is 10.0. The maximum atomic E-state index is 12.7. The van der Waals surface area contributed by atoms with Gasteiger partial charge in [-0.1, -0.05) is 109 Å². The van der Waals surface area contributed by atoms with Gasteiger partial charge >= 0.3 is 7.60 Å². The molecule has 5 heteroatoms. The van der Waals surface area contributed by atoms with E-state index in [4.69, 9.17) is 4.52 Å². The summed E-state index contributed by atoms with van der Waals surface area (Å²) in [5.41, 5.74) is 0. The lowest BCUT2D eigenvalue weighted by molar-refractivity contribution is -0.883. The SMILES string of the molecule is CCCCCC=CCCCCCCCCCCCCCCCOP(=O)(O)C(CCC)[N+](C)(C)C. The summed E-state index contributed by atoms with van der Waals surface area (Å²) >= 11 is 0. The van der Waals surface area contributed by atoms with Crippen molar-refractivity contribution in [3.8, 4) is 0 Å². The third-order valence-corrected chi connectivity index (χ3v) is 9.01. The molecular formula is C29H61NO3P+. The van der Waals surface area contributed by atoms with E-state index in [0.29, 0.717) is 17.5 Å². The zero-order valence-electron chi connectivity index (χ0n) is 23.7. The van der Waals surface area contributed by atoms with Crippen LogP contribution in [0.25, 0.3) is 0 Å². The van der Waals surface area contributed by atoms with Gasteiger partial charge in [0.2, 0.25) is 0 Å². The average Bonchev–Trinajstić information content (AvgIpc) is 2.77. The van der Waals surface area contributed by atoms with Crippen LogP contribution in [0.1, 0.15) is 142 Å². The largest absolute Gasteiger partial charge is 0.385 e. The summed E-state index contributed by atoms with van der Waals surface area (Å²) in [5.74, 6) is -0.334. The molecule has 0 saturated heterocycles. The second kappa shape index (κ2) is 22.1. The molecule has 0 rings (SSSR count). The summed E-state index contributed by atoms with van der Waals surface area (Å²) in [5, 5.41) is 0. The van der Waals surface area contributed by atoms with Gasteiger partial charge in [0, 0.05) is 6.42 Å². The number of unbranched alkanes of at least 4 members (excludes halogenated alkanes) is 16. The highest BCUT2D eigenvalue weighted by molar-refractivity contribution is 7.53. The zero-order valence-corrected chi connectivity index (χ0v) is 24.6. The van der Waals surface area contributed by atoms with Crippen LogP contribution in [0, 0.1) is 0 Å². The molecule has 0 aromatic heterocycles. The maximum absolute atomic E-state index is 12.7. The first-order chi connectivity index (χ1) is 16.3. The van der Waals surface area contributed by atoms with Crippen LogP contribution in [0.5, 0.6) is 0 Å². The summed E-state index contributed by atoms with van der Waals surface area (Å²) in [6, 6.07) is 0. The fraction of sp³-hybridized carbons (Fsp3) is 0.931. The van der Waals surface area contributed by atoms with E-state index >= 15 is 0 Å². The standard InChI is InChI=1S/C29H60NO3P/c1-6-8-9-10-11-12-13-14-15-16-17-18-19-20-21-22-23-24-25-26-28-33-34(31,32)29(27-7-2)30(3,4)5/h11-12,29H,6-10,13-28H2,1-5H3/p+1. The van der Waals surface area contributed by atoms with E-state index in [0.717, 1.165) is 19.3 Å². The third kappa shape index (κ3) is 20.1. The van der Waals surface area contributed by atoms with E-state index in [1.165, 1.54) is 103 Å². The first-order valence-corrected chi connectivity index (χ1v) is 16.3. The molecule has 34 heavy (non-hydrogen) atoms. The van der Waals surface area contributed by atoms with E-state index < -0.39 is 7.60 Å². The molecule has 2 unspecified atom stereocenters. The predicted octanol–water partition coefficient (Wildman–Crippen LogP) is 9.62. The second-order valence-electron chi connectivity index (χ2n) is 11.1. The molecule has 0 aromatic rings. The van der Waals surface area contributed by atoms with E-state index in [9.17, 15) is 9.46 Å². The van der Waals surface area contributed by atoms with Crippen LogP contribution in [0.2, 0.25) is 0 Å². The summed E-state index contributed by atoms with van der Waals surface area (Å²) in [6.07, 6.45) is 29.8. The number of hydrogen-bond acceptors (Lipinski definition) is 2. The highest BCUT2D eigenvalue weighted by atomic mass is 31.2. The molecule has 0 aliphatic heterocycles. The summed E-state index contributed by atoms with van der Waals surface area (Å²) in [6.45, 7) is 4.73. The van der Waals surface area contributed by atoms with Crippen LogP contribution in [0.15, 0.2) is 12.2 Å². The monoisotopic (exact) mass is 502 g/mol. The van der Waals surface area contributed by atoms with Gasteiger partial charge in [-0.2, -0.15) is 0 Å². The number of quaternary nitrogens is 1. The minimum Gasteiger partial charge on any atom is -0.320 e. The molecule has 4 nitrogen and oxygen atoms in total. The molecule has 1 N–H and O–H groups in total. The fourth-order valence-electron chi connectivity index (χ4n) is 4.58. The lowest BCUT2D eigenvalue weighted by Crippen LogP contribution is -2.45. The highest BCUT2D eigenvalue weighted by Crippen LogP contribution is 2.51. The minimum absolute atomic E-state index is 0.334. The van der Waals surface area contributed by atoms with Gasteiger partial charge in [-0.05, 0) is 38.5 Å². The first kappa shape index (κ1) is 33.8. The molecular weight excluding hydrogens is 441 g/mol. The molecule has 0 bridgehead atoms. The molecule has 0 radical (unpaired) electrons. The van der Waals surface area contributed by atoms with Crippen molar-refractivity contribution in [3.05, 3.63) is 12.2 Å². The van der Waals surface area contributed by atoms with Crippen LogP contribution in [-0.2, 0) is 9.09 Å². The zero-order chi connectivity index (χ0) is 25.5. The molecule has 0 saturated carbocycles. The number of hydrogen-bond donors (Lipinski definition) is 1. The predicted molar refractivity (Wildman–Crippen MR) is 150 cm³/mol. The second-order valence-corrected chi connectivity index (χ2v) is 13.1. The Morgan fingerprint density at radius 1 is 0.676 bits per heavy atom. The van der Waals surface area contributed by atoms with Crippen molar-refractivity contribution >= 4 is 7.60 Å². The Kier molecular flexibility index (Phi) is 22.0. The smallest absolute Gasteiger partial charge is 0.320 e. The van der Waals surface area contributed by atoms with Crippen LogP contribution < -0.4 is 0 Å². The van der Waals surface area contributed by atoms with Crippen LogP contribution >= 0.6 is 7.60 Å². The highest BCUT2D eigenvalue weighted by Gasteiger charge is 2.41. The molecule has 0 aliphatic carbocycles. The van der Waals surface area contributed by atoms with E-state index in [1.807, 2.05) is 21.1 Å². The van der Waals surface area contributed by atoms with Crippen molar-refractivity contribution in [2.45, 2.75) is 148 Å². The average molecular weight is 503 g/mol. The molecule has 0 fully saturated rings. The quantitative estimate of drug-likeness (QED) is 0.0585. The Balaban J connectivity index is 3.46. The Hall–Kier alpha value is -0.150.